The molecule has 0 saturated carbocycles. The van der Waals surface area contributed by atoms with Crippen molar-refractivity contribution in [2.24, 2.45) is 4.99 Å². The summed E-state index contributed by atoms with van der Waals surface area (Å²) in [7, 11) is 1.85. The Labute approximate surface area is 193 Å². The molecule has 2 heterocycles. The fourth-order valence-corrected chi connectivity index (χ4v) is 4.17. The van der Waals surface area contributed by atoms with Crippen molar-refractivity contribution in [1.82, 2.24) is 20.4 Å². The van der Waals surface area contributed by atoms with Gasteiger partial charge in [0, 0.05) is 51.4 Å². The molecule has 2 aliphatic heterocycles. The minimum absolute atomic E-state index is 0. The lowest BCUT2D eigenvalue weighted by molar-refractivity contribution is -0.00834. The second-order valence-electron chi connectivity index (χ2n) is 8.47. The van der Waals surface area contributed by atoms with E-state index in [1.54, 1.807) is 0 Å². The highest BCUT2D eigenvalue weighted by molar-refractivity contribution is 14.0. The highest BCUT2D eigenvalue weighted by atomic mass is 127. The Morgan fingerprint density at radius 3 is 2.55 bits per heavy atom. The number of aliphatic imine (C=N–C) groups is 1. The van der Waals surface area contributed by atoms with E-state index in [4.69, 9.17) is 4.74 Å². The summed E-state index contributed by atoms with van der Waals surface area (Å²) in [5, 5.41) is 7.09. The van der Waals surface area contributed by atoms with Crippen LogP contribution in [0.3, 0.4) is 0 Å². The fourth-order valence-electron chi connectivity index (χ4n) is 4.17. The van der Waals surface area contributed by atoms with Gasteiger partial charge in [0.25, 0.3) is 0 Å². The summed E-state index contributed by atoms with van der Waals surface area (Å²) < 4.78 is 5.49. The van der Waals surface area contributed by atoms with Crippen LogP contribution in [-0.4, -0.2) is 80.3 Å². The molecule has 0 spiro atoms. The molecule has 0 radical (unpaired) electrons. The van der Waals surface area contributed by atoms with Gasteiger partial charge < -0.3 is 15.4 Å². The van der Waals surface area contributed by atoms with Crippen molar-refractivity contribution in [3.8, 4) is 0 Å². The smallest absolute Gasteiger partial charge is 0.191 e. The second kappa shape index (κ2) is 12.1. The van der Waals surface area contributed by atoms with E-state index >= 15 is 0 Å². The first-order chi connectivity index (χ1) is 13.6. The van der Waals surface area contributed by atoms with E-state index in [9.17, 15) is 0 Å². The lowest BCUT2D eigenvalue weighted by atomic mass is 10.0. The average molecular weight is 515 g/mol. The summed E-state index contributed by atoms with van der Waals surface area (Å²) in [5.74, 6) is 0.896. The maximum absolute atomic E-state index is 5.49. The molecule has 2 fully saturated rings. The van der Waals surface area contributed by atoms with E-state index in [1.807, 2.05) is 7.05 Å². The van der Waals surface area contributed by atoms with Crippen LogP contribution in [0, 0.1) is 0 Å². The van der Waals surface area contributed by atoms with Gasteiger partial charge in [0.15, 0.2) is 5.96 Å². The maximum Gasteiger partial charge on any atom is 0.191 e. The number of morpholine rings is 1. The zero-order valence-corrected chi connectivity index (χ0v) is 20.5. The maximum atomic E-state index is 5.49. The van der Waals surface area contributed by atoms with Crippen molar-refractivity contribution in [3.05, 3.63) is 35.9 Å². The molecule has 0 bridgehead atoms. The van der Waals surface area contributed by atoms with Gasteiger partial charge in [-0.1, -0.05) is 30.3 Å². The summed E-state index contributed by atoms with van der Waals surface area (Å²) in [6.07, 6.45) is 2.52. The lowest BCUT2D eigenvalue weighted by Crippen LogP contribution is -2.57. The average Bonchev–Trinajstić information content (AvgIpc) is 3.16. The molecule has 164 valence electrons. The van der Waals surface area contributed by atoms with E-state index in [0.29, 0.717) is 6.04 Å². The zero-order chi connectivity index (χ0) is 19.8. The van der Waals surface area contributed by atoms with Crippen LogP contribution in [0.5, 0.6) is 0 Å². The van der Waals surface area contributed by atoms with Crippen LogP contribution in [0.4, 0.5) is 0 Å². The van der Waals surface area contributed by atoms with Crippen LogP contribution >= 0.6 is 24.0 Å². The molecule has 0 aliphatic carbocycles. The molecule has 6 nitrogen and oxygen atoms in total. The Balaban J connectivity index is 0.00000300. The fraction of sp³-hybridized carbons (Fsp3) is 0.682. The van der Waals surface area contributed by atoms with Crippen LogP contribution in [-0.2, 0) is 11.3 Å². The molecule has 1 atom stereocenters. The van der Waals surface area contributed by atoms with Gasteiger partial charge >= 0.3 is 0 Å². The van der Waals surface area contributed by atoms with Crippen molar-refractivity contribution in [1.29, 1.82) is 0 Å². The van der Waals surface area contributed by atoms with E-state index in [2.05, 4.69) is 69.6 Å². The van der Waals surface area contributed by atoms with Crippen molar-refractivity contribution in [2.45, 2.75) is 44.8 Å². The van der Waals surface area contributed by atoms with Gasteiger partial charge in [0.1, 0.15) is 0 Å². The molecule has 1 aromatic rings. The lowest BCUT2D eigenvalue weighted by Gasteiger charge is -2.41. The summed E-state index contributed by atoms with van der Waals surface area (Å²) >= 11 is 0. The minimum Gasteiger partial charge on any atom is -0.379 e. The van der Waals surface area contributed by atoms with Gasteiger partial charge in [0.2, 0.25) is 0 Å². The minimum atomic E-state index is 0. The number of benzene rings is 1. The highest BCUT2D eigenvalue weighted by Gasteiger charge is 2.29. The van der Waals surface area contributed by atoms with E-state index < -0.39 is 0 Å². The predicted octanol–water partition coefficient (Wildman–Crippen LogP) is 2.54. The van der Waals surface area contributed by atoms with Crippen molar-refractivity contribution in [3.63, 3.8) is 0 Å². The first-order valence-corrected chi connectivity index (χ1v) is 10.6. The number of hydrogen-bond acceptors (Lipinski definition) is 4. The van der Waals surface area contributed by atoms with Crippen LogP contribution in [0.2, 0.25) is 0 Å². The molecule has 29 heavy (non-hydrogen) atoms. The number of guanidine groups is 1. The number of hydrogen-bond donors (Lipinski definition) is 2. The summed E-state index contributed by atoms with van der Waals surface area (Å²) in [5.41, 5.74) is 1.47. The third-order valence-corrected chi connectivity index (χ3v) is 6.01. The van der Waals surface area contributed by atoms with Gasteiger partial charge in [-0.3, -0.25) is 14.8 Å². The molecule has 0 amide bonds. The zero-order valence-electron chi connectivity index (χ0n) is 18.2. The monoisotopic (exact) mass is 515 g/mol. The van der Waals surface area contributed by atoms with Crippen LogP contribution in [0.15, 0.2) is 35.3 Å². The summed E-state index contributed by atoms with van der Waals surface area (Å²) in [4.78, 5) is 9.52. The normalized spacial score (nSPS) is 21.6. The molecule has 2 N–H and O–H groups in total. The summed E-state index contributed by atoms with van der Waals surface area (Å²) in [6.45, 7) is 12.2. The van der Waals surface area contributed by atoms with Gasteiger partial charge in [-0.25, -0.2) is 0 Å². The third kappa shape index (κ3) is 7.38. The largest absolute Gasteiger partial charge is 0.379 e. The Bertz CT molecular complexity index is 619. The predicted molar refractivity (Wildman–Crippen MR) is 131 cm³/mol. The van der Waals surface area contributed by atoms with Gasteiger partial charge in [0.05, 0.1) is 13.2 Å². The molecule has 0 aromatic heterocycles. The third-order valence-electron chi connectivity index (χ3n) is 6.01. The number of nitrogens with zero attached hydrogens (tertiary/aromatic N) is 3. The van der Waals surface area contributed by atoms with Crippen molar-refractivity contribution >= 4 is 29.9 Å². The molecule has 7 heteroatoms. The quantitative estimate of drug-likeness (QED) is 0.332. The Kier molecular flexibility index (Phi) is 10.1. The standard InChI is InChI=1S/C22H37N5O.HI/c1-22(2,27-12-14-28-15-13-27)18-25-21(23-3)24-16-20-10-7-11-26(20)17-19-8-5-4-6-9-19;/h4-6,8-9,20H,7,10-18H2,1-3H3,(H2,23,24,25);1H. The number of nitrogens with one attached hydrogen (secondary N) is 2. The van der Waals surface area contributed by atoms with E-state index in [0.717, 1.165) is 51.9 Å². The number of ether oxygens (including phenoxy) is 1. The van der Waals surface area contributed by atoms with Gasteiger partial charge in [-0.2, -0.15) is 0 Å². The SMILES string of the molecule is CN=C(NCC1CCCN1Cc1ccccc1)NCC(C)(C)N1CCOCC1.I. The Morgan fingerprint density at radius 1 is 1.14 bits per heavy atom. The van der Waals surface area contributed by atoms with E-state index in [1.165, 1.54) is 24.9 Å². The van der Waals surface area contributed by atoms with Crippen LogP contribution in [0.25, 0.3) is 0 Å². The number of likely N-dealkylation sites (tertiary alicyclic amines) is 1. The van der Waals surface area contributed by atoms with E-state index in [-0.39, 0.29) is 29.5 Å². The van der Waals surface area contributed by atoms with Gasteiger partial charge in [-0.05, 0) is 38.8 Å². The molecular formula is C22H38IN5O. The first kappa shape index (κ1) is 24.4. The molecule has 3 rings (SSSR count). The molecule has 2 aliphatic rings. The number of halogens is 1. The molecule has 1 aromatic carbocycles. The van der Waals surface area contributed by atoms with Crippen molar-refractivity contribution < 1.29 is 4.74 Å². The Hall–Kier alpha value is -0.900. The second-order valence-corrected chi connectivity index (χ2v) is 8.47. The number of rotatable bonds is 7. The highest BCUT2D eigenvalue weighted by Crippen LogP contribution is 2.19. The first-order valence-electron chi connectivity index (χ1n) is 10.6. The van der Waals surface area contributed by atoms with Crippen LogP contribution in [0.1, 0.15) is 32.3 Å². The summed E-state index contributed by atoms with van der Waals surface area (Å²) in [6, 6.07) is 11.3. The Morgan fingerprint density at radius 2 is 1.86 bits per heavy atom. The molecular weight excluding hydrogens is 477 g/mol. The topological polar surface area (TPSA) is 52.1 Å². The molecule has 1 unspecified atom stereocenters. The molecule has 2 saturated heterocycles. The van der Waals surface area contributed by atoms with Crippen LogP contribution < -0.4 is 10.6 Å². The van der Waals surface area contributed by atoms with Crippen molar-refractivity contribution in [2.75, 3.05) is 53.0 Å². The van der Waals surface area contributed by atoms with Gasteiger partial charge in [-0.15, -0.1) is 24.0 Å².